The molecule has 1 aromatic carbocycles. The number of hydrogen-bond donors (Lipinski definition) is 2. The number of halogens is 4. The van der Waals surface area contributed by atoms with E-state index < -0.39 is 23.8 Å². The largest absolute Gasteiger partial charge is 0.573 e. The molecule has 0 spiro atoms. The second-order valence-electron chi connectivity index (χ2n) is 3.61. The van der Waals surface area contributed by atoms with Crippen LogP contribution in [0.2, 0.25) is 0 Å². The van der Waals surface area contributed by atoms with Crippen LogP contribution in [0.15, 0.2) is 18.2 Å². The molecular formula is C10H6F4N4O2. The number of nitrogens with zero attached hydrogens (tertiary/aromatic N) is 2. The molecule has 0 atom stereocenters. The van der Waals surface area contributed by atoms with Gasteiger partial charge in [0, 0.05) is 11.6 Å². The van der Waals surface area contributed by atoms with Gasteiger partial charge in [0.25, 0.3) is 5.91 Å². The fourth-order valence-corrected chi connectivity index (χ4v) is 1.50. The molecule has 1 aromatic heterocycles. The molecule has 2 aromatic rings. The van der Waals surface area contributed by atoms with Crippen LogP contribution >= 0.6 is 0 Å². The number of nitrogens with two attached hydrogens (primary N) is 1. The molecule has 10 heteroatoms. The average Bonchev–Trinajstić information content (AvgIpc) is 2.74. The van der Waals surface area contributed by atoms with Crippen molar-refractivity contribution in [2.75, 3.05) is 0 Å². The highest BCUT2D eigenvalue weighted by Gasteiger charge is 2.31. The Morgan fingerprint density at radius 1 is 1.25 bits per heavy atom. The first kappa shape index (κ1) is 13.8. The summed E-state index contributed by atoms with van der Waals surface area (Å²) >= 11 is 0. The van der Waals surface area contributed by atoms with Gasteiger partial charge in [-0.05, 0) is 12.1 Å². The van der Waals surface area contributed by atoms with Crippen LogP contribution in [0.25, 0.3) is 11.3 Å². The number of alkyl halides is 3. The number of amides is 1. The average molecular weight is 290 g/mol. The number of carbonyl (C=O) groups is 1. The number of aromatic amines is 1. The van der Waals surface area contributed by atoms with Crippen LogP contribution in [-0.2, 0) is 0 Å². The van der Waals surface area contributed by atoms with Gasteiger partial charge in [-0.3, -0.25) is 4.79 Å². The third-order valence-corrected chi connectivity index (χ3v) is 2.16. The summed E-state index contributed by atoms with van der Waals surface area (Å²) in [4.78, 5) is 11.0. The molecule has 2 rings (SSSR count). The predicted octanol–water partition coefficient (Wildman–Crippen LogP) is 1.61. The summed E-state index contributed by atoms with van der Waals surface area (Å²) in [5.41, 5.74) is 4.37. The fourth-order valence-electron chi connectivity index (χ4n) is 1.50. The highest BCUT2D eigenvalue weighted by Crippen LogP contribution is 2.29. The van der Waals surface area contributed by atoms with Crippen LogP contribution in [0.3, 0.4) is 0 Å². The number of H-pyrrole nitrogens is 1. The maximum absolute atomic E-state index is 13.3. The molecule has 0 unspecified atom stereocenters. The lowest BCUT2D eigenvalue weighted by atomic mass is 10.1. The van der Waals surface area contributed by atoms with Gasteiger partial charge in [-0.15, -0.1) is 13.2 Å². The molecule has 0 fully saturated rings. The van der Waals surface area contributed by atoms with E-state index >= 15 is 0 Å². The summed E-state index contributed by atoms with van der Waals surface area (Å²) in [5, 5.41) is 9.05. The van der Waals surface area contributed by atoms with E-state index in [0.717, 1.165) is 12.1 Å². The van der Waals surface area contributed by atoms with E-state index in [1.54, 1.807) is 0 Å². The van der Waals surface area contributed by atoms with Crippen LogP contribution < -0.4 is 10.5 Å². The topological polar surface area (TPSA) is 93.9 Å². The molecule has 0 radical (unpaired) electrons. The van der Waals surface area contributed by atoms with Crippen LogP contribution in [-0.4, -0.2) is 27.7 Å². The molecule has 0 saturated heterocycles. The van der Waals surface area contributed by atoms with Crippen molar-refractivity contribution in [3.8, 4) is 17.0 Å². The molecule has 1 amide bonds. The summed E-state index contributed by atoms with van der Waals surface area (Å²) in [5.74, 6) is -2.75. The Balaban J connectivity index is 2.47. The van der Waals surface area contributed by atoms with Crippen molar-refractivity contribution in [2.45, 2.75) is 6.36 Å². The second kappa shape index (κ2) is 4.79. The normalized spacial score (nSPS) is 11.4. The predicted molar refractivity (Wildman–Crippen MR) is 57.0 cm³/mol. The summed E-state index contributed by atoms with van der Waals surface area (Å²) < 4.78 is 53.2. The number of carbonyl (C=O) groups excluding carboxylic acids is 1. The number of ether oxygens (including phenoxy) is 1. The van der Waals surface area contributed by atoms with Gasteiger partial charge >= 0.3 is 6.36 Å². The Kier molecular flexibility index (Phi) is 3.30. The first-order valence-corrected chi connectivity index (χ1v) is 5.03. The van der Waals surface area contributed by atoms with Gasteiger partial charge in [-0.1, -0.05) is 0 Å². The van der Waals surface area contributed by atoms with Gasteiger partial charge in [0.1, 0.15) is 17.3 Å². The zero-order valence-corrected chi connectivity index (χ0v) is 9.53. The van der Waals surface area contributed by atoms with E-state index in [1.165, 1.54) is 0 Å². The number of primary amides is 1. The van der Waals surface area contributed by atoms with Crippen molar-refractivity contribution in [3.63, 3.8) is 0 Å². The van der Waals surface area contributed by atoms with E-state index in [0.29, 0.717) is 6.07 Å². The lowest BCUT2D eigenvalue weighted by molar-refractivity contribution is -0.274. The lowest BCUT2D eigenvalue weighted by Crippen LogP contribution is -2.17. The Bertz CT molecular complexity index is 653. The highest BCUT2D eigenvalue weighted by molar-refractivity contribution is 5.96. The molecule has 1 heterocycles. The number of rotatable bonds is 3. The Morgan fingerprint density at radius 3 is 2.55 bits per heavy atom. The Morgan fingerprint density at radius 2 is 1.95 bits per heavy atom. The summed E-state index contributed by atoms with van der Waals surface area (Å²) in [6, 6.07) is 2.27. The first-order valence-electron chi connectivity index (χ1n) is 5.03. The van der Waals surface area contributed by atoms with Crippen molar-refractivity contribution in [1.29, 1.82) is 0 Å². The molecule has 106 valence electrons. The first-order chi connectivity index (χ1) is 9.26. The number of nitrogens with one attached hydrogen (secondary N) is 1. The van der Waals surface area contributed by atoms with E-state index in [1.807, 2.05) is 0 Å². The Labute approximate surface area is 108 Å². The van der Waals surface area contributed by atoms with Crippen molar-refractivity contribution < 1.29 is 27.1 Å². The van der Waals surface area contributed by atoms with Crippen molar-refractivity contribution in [3.05, 3.63) is 29.7 Å². The third-order valence-electron chi connectivity index (χ3n) is 2.16. The molecule has 3 N–H and O–H groups in total. The van der Waals surface area contributed by atoms with Gasteiger partial charge in [0.15, 0.2) is 5.69 Å². The third kappa shape index (κ3) is 3.02. The van der Waals surface area contributed by atoms with Gasteiger partial charge in [-0.2, -0.15) is 15.4 Å². The van der Waals surface area contributed by atoms with Gasteiger partial charge < -0.3 is 10.5 Å². The molecule has 0 saturated carbocycles. The van der Waals surface area contributed by atoms with Crippen molar-refractivity contribution >= 4 is 5.91 Å². The number of aromatic nitrogens is 3. The lowest BCUT2D eigenvalue weighted by Gasteiger charge is -2.10. The van der Waals surface area contributed by atoms with E-state index in [4.69, 9.17) is 5.73 Å². The number of hydrogen-bond acceptors (Lipinski definition) is 4. The monoisotopic (exact) mass is 290 g/mol. The molecular weight excluding hydrogens is 284 g/mol. The standard InChI is InChI=1S/C10H6F4N4O2/c11-5-1-4(2-6(3-5)20-10(12,13)14)7-8(9(15)19)17-18-16-7/h1-3H,(H2,15,19)(H,16,17,18). The summed E-state index contributed by atoms with van der Waals surface area (Å²) in [6.45, 7) is 0. The van der Waals surface area contributed by atoms with E-state index in [-0.39, 0.29) is 17.0 Å². The van der Waals surface area contributed by atoms with Crippen LogP contribution in [0.1, 0.15) is 10.5 Å². The Hall–Kier alpha value is -2.65. The minimum atomic E-state index is -4.97. The van der Waals surface area contributed by atoms with Gasteiger partial charge in [0.2, 0.25) is 0 Å². The van der Waals surface area contributed by atoms with E-state index in [9.17, 15) is 22.4 Å². The minimum Gasteiger partial charge on any atom is -0.406 e. The summed E-state index contributed by atoms with van der Waals surface area (Å²) in [6.07, 6.45) is -4.97. The van der Waals surface area contributed by atoms with E-state index in [2.05, 4.69) is 20.1 Å². The van der Waals surface area contributed by atoms with Crippen molar-refractivity contribution in [2.24, 2.45) is 5.73 Å². The molecule has 0 aliphatic heterocycles. The molecule has 0 aliphatic carbocycles. The SMILES string of the molecule is NC(=O)c1n[nH]nc1-c1cc(F)cc(OC(F)(F)F)c1. The fraction of sp³-hybridized carbons (Fsp3) is 0.100. The summed E-state index contributed by atoms with van der Waals surface area (Å²) in [7, 11) is 0. The second-order valence-corrected chi connectivity index (χ2v) is 3.61. The van der Waals surface area contributed by atoms with Gasteiger partial charge in [0.05, 0.1) is 0 Å². The highest BCUT2D eigenvalue weighted by atomic mass is 19.4. The maximum atomic E-state index is 13.3. The zero-order chi connectivity index (χ0) is 14.9. The van der Waals surface area contributed by atoms with Crippen LogP contribution in [0.5, 0.6) is 5.75 Å². The maximum Gasteiger partial charge on any atom is 0.573 e. The van der Waals surface area contributed by atoms with Crippen molar-refractivity contribution in [1.82, 2.24) is 15.4 Å². The van der Waals surface area contributed by atoms with Crippen LogP contribution in [0, 0.1) is 5.82 Å². The minimum absolute atomic E-state index is 0.133. The van der Waals surface area contributed by atoms with Gasteiger partial charge in [-0.25, -0.2) is 4.39 Å². The smallest absolute Gasteiger partial charge is 0.406 e. The molecule has 6 nitrogen and oxygen atoms in total. The van der Waals surface area contributed by atoms with Crippen LogP contribution in [0.4, 0.5) is 17.6 Å². The zero-order valence-electron chi connectivity index (χ0n) is 9.53. The molecule has 0 bridgehead atoms. The quantitative estimate of drug-likeness (QED) is 0.840. The number of benzene rings is 1. The molecule has 0 aliphatic rings. The molecule has 20 heavy (non-hydrogen) atoms.